The van der Waals surface area contributed by atoms with Gasteiger partial charge in [0.1, 0.15) is 6.54 Å². The van der Waals surface area contributed by atoms with E-state index in [-0.39, 0.29) is 6.54 Å². The molecule has 0 spiro atoms. The summed E-state index contributed by atoms with van der Waals surface area (Å²) < 4.78 is 10.8. The third kappa shape index (κ3) is 3.53. The number of hydrogen-bond donors (Lipinski definition) is 0. The molecule has 0 heterocycles. The van der Waals surface area contributed by atoms with Crippen LogP contribution in [0.4, 0.5) is 0 Å². The van der Waals surface area contributed by atoms with Gasteiger partial charge in [-0.15, -0.1) is 0 Å². The average molecular weight is 223 g/mol. The topological polar surface area (TPSA) is 47.9 Å². The fourth-order valence-electron chi connectivity index (χ4n) is 1.33. The van der Waals surface area contributed by atoms with Crippen molar-refractivity contribution in [1.29, 1.82) is 0 Å². The third-order valence-electron chi connectivity index (χ3n) is 2.23. The molecule has 0 unspecified atom stereocenters. The van der Waals surface area contributed by atoms with Crippen molar-refractivity contribution in [2.45, 2.75) is 26.3 Å². The molecule has 88 valence electrons. The van der Waals surface area contributed by atoms with Crippen LogP contribution in [0.3, 0.4) is 0 Å². The van der Waals surface area contributed by atoms with Crippen molar-refractivity contribution < 1.29 is 9.47 Å². The van der Waals surface area contributed by atoms with Gasteiger partial charge in [0.05, 0.1) is 13.7 Å². The van der Waals surface area contributed by atoms with Gasteiger partial charge in [0.15, 0.2) is 11.5 Å². The van der Waals surface area contributed by atoms with Gasteiger partial charge in [0.25, 0.3) is 0 Å². The van der Waals surface area contributed by atoms with Crippen molar-refractivity contribution in [2.24, 2.45) is 5.18 Å². The van der Waals surface area contributed by atoms with Gasteiger partial charge in [-0.3, -0.25) is 0 Å². The number of hydrogen-bond acceptors (Lipinski definition) is 4. The van der Waals surface area contributed by atoms with E-state index < -0.39 is 0 Å². The lowest BCUT2D eigenvalue weighted by molar-refractivity contribution is 0.288. The van der Waals surface area contributed by atoms with Gasteiger partial charge in [-0.2, -0.15) is 4.91 Å². The Kier molecular flexibility index (Phi) is 5.32. The van der Waals surface area contributed by atoms with Gasteiger partial charge in [0.2, 0.25) is 0 Å². The summed E-state index contributed by atoms with van der Waals surface area (Å²) in [6.07, 6.45) is 2.11. The summed E-state index contributed by atoms with van der Waals surface area (Å²) in [5.74, 6) is 1.36. The first-order chi connectivity index (χ1) is 7.81. The fourth-order valence-corrected chi connectivity index (χ4v) is 1.33. The van der Waals surface area contributed by atoms with Crippen molar-refractivity contribution in [3.8, 4) is 11.5 Å². The molecule has 4 heteroatoms. The molecule has 0 saturated carbocycles. The quantitative estimate of drug-likeness (QED) is 0.527. The summed E-state index contributed by atoms with van der Waals surface area (Å²) in [6.45, 7) is 2.95. The predicted molar refractivity (Wildman–Crippen MR) is 62.9 cm³/mol. The molecule has 0 aliphatic rings. The minimum Gasteiger partial charge on any atom is -0.493 e. The Bertz CT molecular complexity index is 339. The van der Waals surface area contributed by atoms with Gasteiger partial charge in [-0.25, -0.2) is 0 Å². The van der Waals surface area contributed by atoms with Crippen LogP contribution >= 0.6 is 0 Å². The minimum absolute atomic E-state index is 0.158. The van der Waals surface area contributed by atoms with E-state index in [0.29, 0.717) is 18.1 Å². The molecule has 0 fully saturated rings. The molecular weight excluding hydrogens is 206 g/mol. The lowest BCUT2D eigenvalue weighted by Crippen LogP contribution is -1.99. The molecule has 4 nitrogen and oxygen atoms in total. The Morgan fingerprint density at radius 3 is 2.75 bits per heavy atom. The van der Waals surface area contributed by atoms with E-state index in [9.17, 15) is 4.91 Å². The van der Waals surface area contributed by atoms with Crippen LogP contribution in [0, 0.1) is 4.91 Å². The molecule has 1 aromatic carbocycles. The molecule has 0 aliphatic carbocycles. The summed E-state index contributed by atoms with van der Waals surface area (Å²) >= 11 is 0. The Balaban J connectivity index is 2.72. The Labute approximate surface area is 95.5 Å². The first-order valence-corrected chi connectivity index (χ1v) is 5.40. The number of methoxy groups -OCH3 is 1. The van der Waals surface area contributed by atoms with E-state index in [0.717, 1.165) is 18.4 Å². The lowest BCUT2D eigenvalue weighted by Gasteiger charge is -2.10. The molecule has 1 aromatic rings. The first-order valence-electron chi connectivity index (χ1n) is 5.40. The smallest absolute Gasteiger partial charge is 0.161 e. The maximum atomic E-state index is 10.1. The highest BCUT2D eigenvalue weighted by atomic mass is 16.5. The van der Waals surface area contributed by atoms with E-state index in [2.05, 4.69) is 12.1 Å². The van der Waals surface area contributed by atoms with E-state index in [1.807, 2.05) is 12.1 Å². The second-order valence-electron chi connectivity index (χ2n) is 3.47. The molecule has 0 atom stereocenters. The number of unbranched alkanes of at least 4 members (excludes halogenated alkanes) is 1. The highest BCUT2D eigenvalue weighted by Crippen LogP contribution is 2.28. The standard InChI is InChI=1S/C12H17NO3/c1-3-4-7-16-11-6-5-10(9-13-14)8-12(11)15-2/h5-6,8H,3-4,7,9H2,1-2H3. The second kappa shape index (κ2) is 6.82. The lowest BCUT2D eigenvalue weighted by atomic mass is 10.2. The monoisotopic (exact) mass is 223 g/mol. The normalized spacial score (nSPS) is 9.88. The number of benzene rings is 1. The van der Waals surface area contributed by atoms with E-state index in [4.69, 9.17) is 9.47 Å². The van der Waals surface area contributed by atoms with Crippen LogP contribution in [0.5, 0.6) is 11.5 Å². The molecule has 0 bridgehead atoms. The predicted octanol–water partition coefficient (Wildman–Crippen LogP) is 3.14. The Morgan fingerprint density at radius 2 is 2.12 bits per heavy atom. The van der Waals surface area contributed by atoms with E-state index >= 15 is 0 Å². The van der Waals surface area contributed by atoms with Crippen LogP contribution in [-0.4, -0.2) is 13.7 Å². The SMILES string of the molecule is CCCCOc1ccc(CN=O)cc1OC. The summed E-state index contributed by atoms with van der Waals surface area (Å²) in [5.41, 5.74) is 0.828. The van der Waals surface area contributed by atoms with Crippen LogP contribution < -0.4 is 9.47 Å². The number of nitroso groups, excluding NO2 is 1. The van der Waals surface area contributed by atoms with Crippen molar-refractivity contribution in [3.05, 3.63) is 28.7 Å². The first kappa shape index (κ1) is 12.5. The number of nitrogens with zero attached hydrogens (tertiary/aromatic N) is 1. The molecular formula is C12H17NO3. The molecule has 0 saturated heterocycles. The summed E-state index contributed by atoms with van der Waals surface area (Å²) in [7, 11) is 1.58. The zero-order valence-electron chi connectivity index (χ0n) is 9.73. The van der Waals surface area contributed by atoms with Gasteiger partial charge in [-0.05, 0) is 24.1 Å². The van der Waals surface area contributed by atoms with Gasteiger partial charge in [0, 0.05) is 0 Å². The van der Waals surface area contributed by atoms with E-state index in [1.165, 1.54) is 0 Å². The highest BCUT2D eigenvalue weighted by Gasteiger charge is 2.05. The van der Waals surface area contributed by atoms with Crippen molar-refractivity contribution >= 4 is 0 Å². The number of rotatable bonds is 7. The fraction of sp³-hybridized carbons (Fsp3) is 0.500. The Morgan fingerprint density at radius 1 is 1.31 bits per heavy atom. The zero-order valence-corrected chi connectivity index (χ0v) is 9.73. The highest BCUT2D eigenvalue weighted by molar-refractivity contribution is 5.42. The largest absolute Gasteiger partial charge is 0.493 e. The van der Waals surface area contributed by atoms with Gasteiger partial charge >= 0.3 is 0 Å². The van der Waals surface area contributed by atoms with Crippen LogP contribution in [0.1, 0.15) is 25.3 Å². The summed E-state index contributed by atoms with van der Waals surface area (Å²) in [5, 5.41) is 2.84. The summed E-state index contributed by atoms with van der Waals surface area (Å²) in [6, 6.07) is 5.42. The van der Waals surface area contributed by atoms with Crippen molar-refractivity contribution in [3.63, 3.8) is 0 Å². The Hall–Kier alpha value is -1.58. The van der Waals surface area contributed by atoms with Gasteiger partial charge < -0.3 is 9.47 Å². The minimum atomic E-state index is 0.158. The number of ether oxygens (including phenoxy) is 2. The van der Waals surface area contributed by atoms with Crippen LogP contribution in [-0.2, 0) is 6.54 Å². The summed E-state index contributed by atoms with van der Waals surface area (Å²) in [4.78, 5) is 10.1. The maximum Gasteiger partial charge on any atom is 0.161 e. The van der Waals surface area contributed by atoms with Crippen LogP contribution in [0.2, 0.25) is 0 Å². The molecule has 0 N–H and O–H groups in total. The van der Waals surface area contributed by atoms with Crippen molar-refractivity contribution in [2.75, 3.05) is 13.7 Å². The zero-order chi connectivity index (χ0) is 11.8. The molecule has 16 heavy (non-hydrogen) atoms. The van der Waals surface area contributed by atoms with E-state index in [1.54, 1.807) is 13.2 Å². The molecule has 0 aliphatic heterocycles. The van der Waals surface area contributed by atoms with Crippen LogP contribution in [0.25, 0.3) is 0 Å². The third-order valence-corrected chi connectivity index (χ3v) is 2.23. The average Bonchev–Trinajstić information content (AvgIpc) is 2.31. The van der Waals surface area contributed by atoms with Crippen LogP contribution in [0.15, 0.2) is 23.4 Å². The maximum absolute atomic E-state index is 10.1. The second-order valence-corrected chi connectivity index (χ2v) is 3.47. The molecule has 0 radical (unpaired) electrons. The molecule has 0 amide bonds. The van der Waals surface area contributed by atoms with Gasteiger partial charge in [-0.1, -0.05) is 24.6 Å². The molecule has 0 aromatic heterocycles. The van der Waals surface area contributed by atoms with Crippen molar-refractivity contribution in [1.82, 2.24) is 0 Å². The molecule has 1 rings (SSSR count).